The second kappa shape index (κ2) is 11.1. The fraction of sp³-hybridized carbons (Fsp3) is 0.556. The van der Waals surface area contributed by atoms with Crippen molar-refractivity contribution in [1.29, 1.82) is 0 Å². The van der Waals surface area contributed by atoms with Crippen LogP contribution in [0, 0.1) is 5.92 Å². The van der Waals surface area contributed by atoms with Crippen molar-refractivity contribution in [1.82, 2.24) is 9.80 Å². The Morgan fingerprint density at radius 2 is 2.04 bits per heavy atom. The molecule has 1 unspecified atom stereocenters. The van der Waals surface area contributed by atoms with E-state index in [2.05, 4.69) is 12.1 Å². The van der Waals surface area contributed by atoms with Gasteiger partial charge in [0, 0.05) is 46.3 Å². The van der Waals surface area contributed by atoms with E-state index in [9.17, 15) is 9.59 Å². The molecule has 0 bridgehead atoms. The smallest absolute Gasteiger partial charge is 0.228 e. The third kappa shape index (κ3) is 6.30. The zero-order chi connectivity index (χ0) is 17.4. The molecular formula is C18H28ClN3O3. The first-order chi connectivity index (χ1) is 11.7. The van der Waals surface area contributed by atoms with Gasteiger partial charge < -0.3 is 20.3 Å². The molecule has 1 fully saturated rings. The lowest BCUT2D eigenvalue weighted by atomic mass is 10.1. The van der Waals surface area contributed by atoms with Gasteiger partial charge in [-0.2, -0.15) is 0 Å². The summed E-state index contributed by atoms with van der Waals surface area (Å²) in [6, 6.07) is 10.1. The summed E-state index contributed by atoms with van der Waals surface area (Å²) in [5, 5.41) is 0. The Balaban J connectivity index is 0.00000312. The molecule has 0 saturated carbocycles. The van der Waals surface area contributed by atoms with Crippen LogP contribution in [0.15, 0.2) is 30.3 Å². The second-order valence-electron chi connectivity index (χ2n) is 6.08. The summed E-state index contributed by atoms with van der Waals surface area (Å²) in [6.07, 6.45) is 1.08. The third-order valence-corrected chi connectivity index (χ3v) is 4.35. The Morgan fingerprint density at radius 3 is 2.68 bits per heavy atom. The van der Waals surface area contributed by atoms with E-state index in [0.29, 0.717) is 39.3 Å². The van der Waals surface area contributed by atoms with Gasteiger partial charge in [0.25, 0.3) is 0 Å². The van der Waals surface area contributed by atoms with E-state index in [1.54, 1.807) is 16.9 Å². The molecule has 25 heavy (non-hydrogen) atoms. The maximum absolute atomic E-state index is 12.8. The SMILES string of the molecule is COCCN1CC(C(=O)N(CCN)CCc2ccccc2)CC1=O.Cl. The van der Waals surface area contributed by atoms with Crippen molar-refractivity contribution >= 4 is 24.2 Å². The lowest BCUT2D eigenvalue weighted by molar-refractivity contribution is -0.135. The van der Waals surface area contributed by atoms with Gasteiger partial charge in [0.2, 0.25) is 11.8 Å². The minimum absolute atomic E-state index is 0. The predicted octanol–water partition coefficient (Wildman–Crippen LogP) is 0.933. The first kappa shape index (κ1) is 21.4. The van der Waals surface area contributed by atoms with Gasteiger partial charge in [0.05, 0.1) is 12.5 Å². The summed E-state index contributed by atoms with van der Waals surface area (Å²) >= 11 is 0. The predicted molar refractivity (Wildman–Crippen MR) is 99.6 cm³/mol. The van der Waals surface area contributed by atoms with Gasteiger partial charge in [-0.1, -0.05) is 30.3 Å². The number of ether oxygens (including phenoxy) is 1. The Hall–Kier alpha value is -1.63. The van der Waals surface area contributed by atoms with Crippen molar-refractivity contribution < 1.29 is 14.3 Å². The molecule has 2 N–H and O–H groups in total. The maximum Gasteiger partial charge on any atom is 0.228 e. The van der Waals surface area contributed by atoms with Crippen LogP contribution < -0.4 is 5.73 Å². The normalized spacial score (nSPS) is 16.6. The lowest BCUT2D eigenvalue weighted by Gasteiger charge is -2.25. The van der Waals surface area contributed by atoms with Crippen LogP contribution in [0.3, 0.4) is 0 Å². The fourth-order valence-electron chi connectivity index (χ4n) is 3.01. The zero-order valence-corrected chi connectivity index (χ0v) is 15.5. The number of carbonyl (C=O) groups excluding carboxylic acids is 2. The van der Waals surface area contributed by atoms with Crippen LogP contribution in [0.1, 0.15) is 12.0 Å². The van der Waals surface area contributed by atoms with Crippen molar-refractivity contribution in [3.05, 3.63) is 35.9 Å². The van der Waals surface area contributed by atoms with Crippen molar-refractivity contribution in [2.45, 2.75) is 12.8 Å². The molecule has 1 aromatic rings. The Kier molecular flexibility index (Phi) is 9.49. The highest BCUT2D eigenvalue weighted by molar-refractivity contribution is 5.89. The van der Waals surface area contributed by atoms with E-state index >= 15 is 0 Å². The summed E-state index contributed by atoms with van der Waals surface area (Å²) in [6.45, 7) is 3.09. The standard InChI is InChI=1S/C18H27N3O3.ClH/c1-24-12-11-21-14-16(13-17(21)22)18(23)20(10-8-19)9-7-15-5-3-2-4-6-15;/h2-6,16H,7-14,19H2,1H3;1H. The molecule has 1 atom stereocenters. The number of amides is 2. The van der Waals surface area contributed by atoms with Crippen LogP contribution in [-0.4, -0.2) is 68.1 Å². The number of halogens is 1. The molecule has 6 nitrogen and oxygen atoms in total. The molecule has 1 aliphatic rings. The number of nitrogens with two attached hydrogens (primary N) is 1. The number of carbonyl (C=O) groups is 2. The van der Waals surface area contributed by atoms with Crippen LogP contribution in [-0.2, 0) is 20.7 Å². The van der Waals surface area contributed by atoms with Gasteiger partial charge in [0.15, 0.2) is 0 Å². The van der Waals surface area contributed by atoms with Crippen LogP contribution in [0.5, 0.6) is 0 Å². The Bertz CT molecular complexity index is 542. The van der Waals surface area contributed by atoms with E-state index in [1.165, 1.54) is 5.56 Å². The van der Waals surface area contributed by atoms with E-state index in [1.807, 2.05) is 18.2 Å². The van der Waals surface area contributed by atoms with Crippen molar-refractivity contribution in [3.63, 3.8) is 0 Å². The molecule has 1 heterocycles. The molecule has 0 spiro atoms. The molecule has 2 rings (SSSR count). The van der Waals surface area contributed by atoms with Gasteiger partial charge in [-0.3, -0.25) is 9.59 Å². The van der Waals surface area contributed by atoms with Gasteiger partial charge in [0.1, 0.15) is 0 Å². The van der Waals surface area contributed by atoms with E-state index < -0.39 is 0 Å². The van der Waals surface area contributed by atoms with Gasteiger partial charge in [-0.05, 0) is 12.0 Å². The van der Waals surface area contributed by atoms with E-state index in [0.717, 1.165) is 6.42 Å². The van der Waals surface area contributed by atoms with Crippen molar-refractivity contribution in [2.75, 3.05) is 46.4 Å². The summed E-state index contributed by atoms with van der Waals surface area (Å²) in [5.41, 5.74) is 6.86. The highest BCUT2D eigenvalue weighted by Gasteiger charge is 2.35. The maximum atomic E-state index is 12.8. The molecular weight excluding hydrogens is 342 g/mol. The van der Waals surface area contributed by atoms with Gasteiger partial charge >= 0.3 is 0 Å². The van der Waals surface area contributed by atoms with Crippen LogP contribution in [0.25, 0.3) is 0 Å². The van der Waals surface area contributed by atoms with E-state index in [4.69, 9.17) is 10.5 Å². The molecule has 2 amide bonds. The van der Waals surface area contributed by atoms with Gasteiger partial charge in [-0.15, -0.1) is 12.4 Å². The Labute approximate surface area is 155 Å². The molecule has 140 valence electrons. The second-order valence-corrected chi connectivity index (χ2v) is 6.08. The van der Waals surface area contributed by atoms with Crippen LogP contribution >= 0.6 is 12.4 Å². The minimum Gasteiger partial charge on any atom is -0.383 e. The molecule has 1 saturated heterocycles. The monoisotopic (exact) mass is 369 g/mol. The number of hydrogen-bond acceptors (Lipinski definition) is 4. The molecule has 1 aliphatic heterocycles. The highest BCUT2D eigenvalue weighted by Crippen LogP contribution is 2.20. The van der Waals surface area contributed by atoms with Gasteiger partial charge in [-0.25, -0.2) is 0 Å². The third-order valence-electron chi connectivity index (χ3n) is 4.35. The number of methoxy groups -OCH3 is 1. The number of benzene rings is 1. The summed E-state index contributed by atoms with van der Waals surface area (Å²) in [5.74, 6) is -0.206. The highest BCUT2D eigenvalue weighted by atomic mass is 35.5. The summed E-state index contributed by atoms with van der Waals surface area (Å²) in [4.78, 5) is 28.3. The minimum atomic E-state index is -0.267. The van der Waals surface area contributed by atoms with Crippen molar-refractivity contribution in [3.8, 4) is 0 Å². The van der Waals surface area contributed by atoms with Crippen LogP contribution in [0.2, 0.25) is 0 Å². The van der Waals surface area contributed by atoms with Crippen LogP contribution in [0.4, 0.5) is 0 Å². The van der Waals surface area contributed by atoms with E-state index in [-0.39, 0.29) is 36.6 Å². The Morgan fingerprint density at radius 1 is 1.32 bits per heavy atom. The topological polar surface area (TPSA) is 75.9 Å². The van der Waals surface area contributed by atoms with Crippen molar-refractivity contribution in [2.24, 2.45) is 11.7 Å². The fourth-order valence-corrected chi connectivity index (χ4v) is 3.01. The number of rotatable bonds is 9. The summed E-state index contributed by atoms with van der Waals surface area (Å²) in [7, 11) is 1.61. The first-order valence-corrected chi connectivity index (χ1v) is 8.45. The largest absolute Gasteiger partial charge is 0.383 e. The lowest BCUT2D eigenvalue weighted by Crippen LogP contribution is -2.41. The average Bonchev–Trinajstić information content (AvgIpc) is 2.98. The quantitative estimate of drug-likeness (QED) is 0.702. The number of likely N-dealkylation sites (tertiary alicyclic amines) is 1. The molecule has 0 radical (unpaired) electrons. The molecule has 0 aliphatic carbocycles. The summed E-state index contributed by atoms with van der Waals surface area (Å²) < 4.78 is 5.02. The molecule has 1 aromatic carbocycles. The molecule has 0 aromatic heterocycles. The first-order valence-electron chi connectivity index (χ1n) is 8.45. The zero-order valence-electron chi connectivity index (χ0n) is 14.7. The number of hydrogen-bond donors (Lipinski definition) is 1. The average molecular weight is 370 g/mol. The number of nitrogens with zero attached hydrogens (tertiary/aromatic N) is 2. The molecule has 7 heteroatoms.